The van der Waals surface area contributed by atoms with Gasteiger partial charge in [0.2, 0.25) is 11.8 Å². The number of rotatable bonds is 5. The summed E-state index contributed by atoms with van der Waals surface area (Å²) in [4.78, 5) is 36.4. The summed E-state index contributed by atoms with van der Waals surface area (Å²) in [6, 6.07) is 4.50. The van der Waals surface area contributed by atoms with Crippen LogP contribution in [0.5, 0.6) is 0 Å². The Bertz CT molecular complexity index is 708. The standard InChI is InChI=1S/C22H32N4O2/c1-24(2)15-20-18-11-17(19-6-3-7-22(28)26(19)20)13-25(14-18)21(27)9-8-16-5-4-10-23-12-16/h4-5,10,12,17-20H,3,6-9,11,13-15H2,1-2H3/t17-,18+,19+,20+/m1/s1. The lowest BCUT2D eigenvalue weighted by atomic mass is 9.72. The van der Waals surface area contributed by atoms with Crippen LogP contribution >= 0.6 is 0 Å². The zero-order valence-corrected chi connectivity index (χ0v) is 17.1. The van der Waals surface area contributed by atoms with E-state index in [2.05, 4.69) is 33.8 Å². The van der Waals surface area contributed by atoms with Gasteiger partial charge in [0.05, 0.1) is 0 Å². The van der Waals surface area contributed by atoms with Crippen molar-refractivity contribution in [3.8, 4) is 0 Å². The molecule has 2 amide bonds. The Kier molecular flexibility index (Phi) is 5.67. The van der Waals surface area contributed by atoms with E-state index in [0.717, 1.165) is 50.9 Å². The number of aryl methyl sites for hydroxylation is 1. The van der Waals surface area contributed by atoms with Crippen LogP contribution in [0.3, 0.4) is 0 Å². The van der Waals surface area contributed by atoms with E-state index >= 15 is 0 Å². The predicted octanol–water partition coefficient (Wildman–Crippen LogP) is 1.80. The first-order chi connectivity index (χ1) is 13.5. The Hall–Kier alpha value is -1.95. The van der Waals surface area contributed by atoms with E-state index in [1.54, 1.807) is 6.20 Å². The van der Waals surface area contributed by atoms with Crippen LogP contribution in [0.25, 0.3) is 0 Å². The average Bonchev–Trinajstić information content (AvgIpc) is 2.70. The van der Waals surface area contributed by atoms with Crippen LogP contribution < -0.4 is 0 Å². The lowest BCUT2D eigenvalue weighted by Crippen LogP contribution is -2.67. The van der Waals surface area contributed by atoms with Crippen LogP contribution in [0.1, 0.15) is 37.7 Å². The Morgan fingerprint density at radius 3 is 2.86 bits per heavy atom. The molecule has 3 saturated heterocycles. The topological polar surface area (TPSA) is 56.8 Å². The van der Waals surface area contributed by atoms with Gasteiger partial charge < -0.3 is 14.7 Å². The van der Waals surface area contributed by atoms with Gasteiger partial charge in [-0.2, -0.15) is 0 Å². The maximum Gasteiger partial charge on any atom is 0.223 e. The fourth-order valence-corrected chi connectivity index (χ4v) is 5.54. The lowest BCUT2D eigenvalue weighted by molar-refractivity contribution is -0.157. The van der Waals surface area contributed by atoms with Gasteiger partial charge in [0.1, 0.15) is 0 Å². The van der Waals surface area contributed by atoms with E-state index < -0.39 is 0 Å². The molecule has 4 heterocycles. The monoisotopic (exact) mass is 384 g/mol. The number of carbonyl (C=O) groups is 2. The Labute approximate surface area is 167 Å². The zero-order chi connectivity index (χ0) is 19.7. The highest BCUT2D eigenvalue weighted by Crippen LogP contribution is 2.41. The van der Waals surface area contributed by atoms with Crippen LogP contribution in [0.2, 0.25) is 0 Å². The summed E-state index contributed by atoms with van der Waals surface area (Å²) < 4.78 is 0. The summed E-state index contributed by atoms with van der Waals surface area (Å²) in [5.74, 6) is 1.40. The van der Waals surface area contributed by atoms with Crippen molar-refractivity contribution >= 4 is 11.8 Å². The van der Waals surface area contributed by atoms with Gasteiger partial charge in [-0.05, 0) is 63.2 Å². The van der Waals surface area contributed by atoms with Crippen molar-refractivity contribution in [3.05, 3.63) is 30.1 Å². The molecular weight excluding hydrogens is 352 g/mol. The minimum Gasteiger partial charge on any atom is -0.342 e. The van der Waals surface area contributed by atoms with Crippen molar-refractivity contribution in [2.45, 2.75) is 50.6 Å². The molecule has 4 rings (SSSR count). The third-order valence-electron chi connectivity index (χ3n) is 6.75. The molecule has 1 aromatic heterocycles. The van der Waals surface area contributed by atoms with E-state index in [9.17, 15) is 9.59 Å². The number of carbonyl (C=O) groups excluding carboxylic acids is 2. The zero-order valence-electron chi connectivity index (χ0n) is 17.1. The molecule has 0 spiro atoms. The van der Waals surface area contributed by atoms with Crippen LogP contribution in [0.4, 0.5) is 0 Å². The number of likely N-dealkylation sites (tertiary alicyclic amines) is 1. The molecule has 0 radical (unpaired) electrons. The highest BCUT2D eigenvalue weighted by molar-refractivity contribution is 5.79. The number of nitrogens with zero attached hydrogens (tertiary/aromatic N) is 4. The molecule has 2 bridgehead atoms. The van der Waals surface area contributed by atoms with E-state index in [1.165, 1.54) is 0 Å². The smallest absolute Gasteiger partial charge is 0.223 e. The highest BCUT2D eigenvalue weighted by Gasteiger charge is 2.49. The van der Waals surface area contributed by atoms with E-state index in [4.69, 9.17) is 0 Å². The molecule has 4 atom stereocenters. The van der Waals surface area contributed by atoms with Gasteiger partial charge >= 0.3 is 0 Å². The number of hydrogen-bond donors (Lipinski definition) is 0. The molecule has 152 valence electrons. The second-order valence-corrected chi connectivity index (χ2v) is 9.01. The molecule has 3 aliphatic rings. The van der Waals surface area contributed by atoms with Gasteiger partial charge in [0.15, 0.2) is 0 Å². The second-order valence-electron chi connectivity index (χ2n) is 9.01. The Balaban J connectivity index is 1.47. The van der Waals surface area contributed by atoms with Crippen molar-refractivity contribution in [2.24, 2.45) is 11.8 Å². The van der Waals surface area contributed by atoms with Crippen LogP contribution in [-0.2, 0) is 16.0 Å². The quantitative estimate of drug-likeness (QED) is 0.777. The number of hydrogen-bond acceptors (Lipinski definition) is 4. The van der Waals surface area contributed by atoms with Gasteiger partial charge in [-0.15, -0.1) is 0 Å². The van der Waals surface area contributed by atoms with Crippen LogP contribution in [0.15, 0.2) is 24.5 Å². The van der Waals surface area contributed by atoms with Gasteiger partial charge in [0, 0.05) is 57.0 Å². The van der Waals surface area contributed by atoms with E-state index in [1.807, 2.05) is 18.3 Å². The number of likely N-dealkylation sites (N-methyl/N-ethyl adjacent to an activating group) is 1. The predicted molar refractivity (Wildman–Crippen MR) is 108 cm³/mol. The van der Waals surface area contributed by atoms with Crippen LogP contribution in [0, 0.1) is 11.8 Å². The highest BCUT2D eigenvalue weighted by atomic mass is 16.2. The molecular formula is C22H32N4O2. The molecule has 0 aromatic carbocycles. The number of piperidine rings is 3. The fraction of sp³-hybridized carbons (Fsp3) is 0.682. The van der Waals surface area contributed by atoms with Crippen molar-refractivity contribution in [2.75, 3.05) is 33.7 Å². The van der Waals surface area contributed by atoms with Crippen LogP contribution in [-0.4, -0.2) is 77.3 Å². The maximum atomic E-state index is 13.0. The maximum absolute atomic E-state index is 13.0. The summed E-state index contributed by atoms with van der Waals surface area (Å²) in [7, 11) is 4.16. The Morgan fingerprint density at radius 2 is 2.11 bits per heavy atom. The molecule has 0 saturated carbocycles. The van der Waals surface area contributed by atoms with Gasteiger partial charge in [0.25, 0.3) is 0 Å². The number of fused-ring (bicyclic) bond motifs is 4. The molecule has 6 nitrogen and oxygen atoms in total. The van der Waals surface area contributed by atoms with Gasteiger partial charge in [-0.1, -0.05) is 6.07 Å². The third kappa shape index (κ3) is 3.93. The van der Waals surface area contributed by atoms with Crippen molar-refractivity contribution < 1.29 is 9.59 Å². The molecule has 28 heavy (non-hydrogen) atoms. The molecule has 0 N–H and O–H groups in total. The average molecular weight is 385 g/mol. The summed E-state index contributed by atoms with van der Waals surface area (Å²) in [5.41, 5.74) is 1.11. The first-order valence-corrected chi connectivity index (χ1v) is 10.7. The minimum atomic E-state index is 0.234. The summed E-state index contributed by atoms with van der Waals surface area (Å²) in [6.45, 7) is 2.49. The molecule has 0 aliphatic carbocycles. The van der Waals surface area contributed by atoms with E-state index in [0.29, 0.717) is 36.6 Å². The second kappa shape index (κ2) is 8.19. The molecule has 3 fully saturated rings. The first-order valence-electron chi connectivity index (χ1n) is 10.7. The fourth-order valence-electron chi connectivity index (χ4n) is 5.54. The minimum absolute atomic E-state index is 0.234. The number of amides is 2. The largest absolute Gasteiger partial charge is 0.342 e. The first kappa shape index (κ1) is 19.4. The number of pyridine rings is 1. The van der Waals surface area contributed by atoms with E-state index in [-0.39, 0.29) is 11.9 Å². The van der Waals surface area contributed by atoms with Crippen molar-refractivity contribution in [1.29, 1.82) is 0 Å². The molecule has 3 aliphatic heterocycles. The molecule has 0 unspecified atom stereocenters. The number of aromatic nitrogens is 1. The van der Waals surface area contributed by atoms with Gasteiger partial charge in [-0.3, -0.25) is 14.6 Å². The molecule has 6 heteroatoms. The van der Waals surface area contributed by atoms with Crippen molar-refractivity contribution in [3.63, 3.8) is 0 Å². The summed E-state index contributed by atoms with van der Waals surface area (Å²) in [6.07, 6.45) is 8.81. The Morgan fingerprint density at radius 1 is 1.29 bits per heavy atom. The van der Waals surface area contributed by atoms with Crippen molar-refractivity contribution in [1.82, 2.24) is 19.7 Å². The lowest BCUT2D eigenvalue weighted by Gasteiger charge is -2.57. The normalized spacial score (nSPS) is 29.8. The molecule has 1 aromatic rings. The van der Waals surface area contributed by atoms with Gasteiger partial charge in [-0.25, -0.2) is 0 Å². The third-order valence-corrected chi connectivity index (χ3v) is 6.75. The summed E-state index contributed by atoms with van der Waals surface area (Å²) >= 11 is 0. The summed E-state index contributed by atoms with van der Waals surface area (Å²) in [5, 5.41) is 0. The SMILES string of the molecule is CN(C)C[C@H]1[C@H]2C[C@H](CN(C(=O)CCc3cccnc3)C2)[C@@H]2CCCC(=O)N21.